The lowest BCUT2D eigenvalue weighted by Gasteiger charge is -2.48. The van der Waals surface area contributed by atoms with Gasteiger partial charge >= 0.3 is 0 Å². The normalized spacial score (nSPS) is 25.9. The molecular formula is C25H43NO. The lowest BCUT2D eigenvalue weighted by molar-refractivity contribution is 0.0452. The Hall–Kier alpha value is -0.760. The first-order chi connectivity index (χ1) is 12.8. The van der Waals surface area contributed by atoms with Crippen molar-refractivity contribution < 1.29 is 5.11 Å². The highest BCUT2D eigenvalue weighted by Gasteiger charge is 2.49. The largest absolute Gasteiger partial charge is 0.396 e. The minimum Gasteiger partial charge on any atom is -0.396 e. The van der Waals surface area contributed by atoms with Crippen molar-refractivity contribution in [1.29, 1.82) is 0 Å². The number of nitrogens with one attached hydrogen (secondary N) is 1. The summed E-state index contributed by atoms with van der Waals surface area (Å²) >= 11 is 0. The maximum absolute atomic E-state index is 10.1. The molecule has 1 heterocycles. The van der Waals surface area contributed by atoms with Gasteiger partial charge in [-0.1, -0.05) is 73.1 Å². The number of unbranched alkanes of at least 4 members (excludes halogenated alkanes) is 5. The number of hydrogen-bond donors (Lipinski definition) is 2. The summed E-state index contributed by atoms with van der Waals surface area (Å²) in [5, 5.41) is 10.1. The average molecular weight is 374 g/mol. The molecule has 0 amide bonds. The van der Waals surface area contributed by atoms with Gasteiger partial charge in [0, 0.05) is 23.4 Å². The Bertz CT molecular complexity index is 625. The first-order valence-corrected chi connectivity index (χ1v) is 11.7. The summed E-state index contributed by atoms with van der Waals surface area (Å²) in [7, 11) is 0. The van der Waals surface area contributed by atoms with Gasteiger partial charge in [-0.2, -0.15) is 0 Å². The molecule has 1 aromatic rings. The number of aromatic nitrogens is 1. The van der Waals surface area contributed by atoms with Gasteiger partial charge in [-0.3, -0.25) is 0 Å². The van der Waals surface area contributed by atoms with Gasteiger partial charge in [-0.15, -0.1) is 0 Å². The second-order valence-electron chi connectivity index (χ2n) is 10.6. The molecule has 0 saturated heterocycles. The van der Waals surface area contributed by atoms with Crippen molar-refractivity contribution in [1.82, 2.24) is 4.98 Å². The van der Waals surface area contributed by atoms with E-state index in [4.69, 9.17) is 0 Å². The van der Waals surface area contributed by atoms with Crippen molar-refractivity contribution in [2.24, 2.45) is 11.3 Å². The number of hydrogen-bond acceptors (Lipinski definition) is 1. The lowest BCUT2D eigenvalue weighted by atomic mass is 9.56. The van der Waals surface area contributed by atoms with Gasteiger partial charge in [0.25, 0.3) is 0 Å². The highest BCUT2D eigenvalue weighted by atomic mass is 16.3. The molecule has 27 heavy (non-hydrogen) atoms. The third kappa shape index (κ3) is 4.02. The molecule has 1 aromatic heterocycles. The van der Waals surface area contributed by atoms with Crippen molar-refractivity contribution in [2.75, 3.05) is 6.61 Å². The number of aliphatic hydroxyl groups excluding tert-OH is 1. The van der Waals surface area contributed by atoms with E-state index < -0.39 is 0 Å². The molecular weight excluding hydrogens is 330 g/mol. The second-order valence-corrected chi connectivity index (χ2v) is 10.6. The van der Waals surface area contributed by atoms with Crippen LogP contribution >= 0.6 is 0 Å². The number of rotatable bonds is 8. The Morgan fingerprint density at radius 2 is 1.74 bits per heavy atom. The molecule has 0 saturated carbocycles. The van der Waals surface area contributed by atoms with E-state index in [0.717, 1.165) is 12.3 Å². The first kappa shape index (κ1) is 21.0. The summed E-state index contributed by atoms with van der Waals surface area (Å²) in [6.45, 7) is 12.0. The van der Waals surface area contributed by atoms with E-state index in [9.17, 15) is 5.11 Å². The van der Waals surface area contributed by atoms with Crippen LogP contribution in [0.3, 0.4) is 0 Å². The van der Waals surface area contributed by atoms with Crippen LogP contribution in [0.5, 0.6) is 0 Å². The van der Waals surface area contributed by atoms with Crippen LogP contribution in [-0.2, 0) is 18.3 Å². The number of aromatic amines is 1. The molecule has 2 atom stereocenters. The third-order valence-corrected chi connectivity index (χ3v) is 7.80. The maximum Gasteiger partial charge on any atom is 0.0473 e. The van der Waals surface area contributed by atoms with Gasteiger partial charge in [-0.25, -0.2) is 0 Å². The van der Waals surface area contributed by atoms with E-state index in [-0.39, 0.29) is 17.4 Å². The minimum atomic E-state index is 0.0217. The fraction of sp³-hybridized carbons (Fsp3) is 0.840. The average Bonchev–Trinajstić information content (AvgIpc) is 2.97. The zero-order valence-electron chi connectivity index (χ0n) is 18.6. The molecule has 0 radical (unpaired) electrons. The summed E-state index contributed by atoms with van der Waals surface area (Å²) in [5.41, 5.74) is 6.48. The minimum absolute atomic E-state index is 0.0217. The van der Waals surface area contributed by atoms with Crippen molar-refractivity contribution >= 4 is 0 Å². The topological polar surface area (TPSA) is 36.0 Å². The van der Waals surface area contributed by atoms with Gasteiger partial charge in [0.2, 0.25) is 0 Å². The van der Waals surface area contributed by atoms with Gasteiger partial charge in [0.15, 0.2) is 0 Å². The van der Waals surface area contributed by atoms with E-state index in [1.165, 1.54) is 75.6 Å². The molecule has 2 aliphatic carbocycles. The summed E-state index contributed by atoms with van der Waals surface area (Å²) in [6.07, 6.45) is 14.8. The van der Waals surface area contributed by atoms with Crippen LogP contribution in [0.15, 0.2) is 0 Å². The van der Waals surface area contributed by atoms with Crippen molar-refractivity contribution in [3.63, 3.8) is 0 Å². The van der Waals surface area contributed by atoms with Crippen molar-refractivity contribution in [3.05, 3.63) is 22.5 Å². The van der Waals surface area contributed by atoms with Crippen molar-refractivity contribution in [3.8, 4) is 0 Å². The number of aryl methyl sites for hydroxylation is 1. The molecule has 154 valence electrons. The van der Waals surface area contributed by atoms with E-state index in [2.05, 4.69) is 39.6 Å². The molecule has 2 N–H and O–H groups in total. The Morgan fingerprint density at radius 1 is 1.04 bits per heavy atom. The molecule has 0 aromatic carbocycles. The van der Waals surface area contributed by atoms with E-state index >= 15 is 0 Å². The predicted octanol–water partition coefficient (Wildman–Crippen LogP) is 6.65. The third-order valence-electron chi connectivity index (χ3n) is 7.80. The van der Waals surface area contributed by atoms with E-state index in [0.29, 0.717) is 5.92 Å². The summed E-state index contributed by atoms with van der Waals surface area (Å²) in [4.78, 5) is 3.88. The first-order valence-electron chi connectivity index (χ1n) is 11.7. The molecule has 0 bridgehead atoms. The number of fused-ring (bicyclic) bond motifs is 3. The summed E-state index contributed by atoms with van der Waals surface area (Å²) in [5.74, 6) is 1.08. The van der Waals surface area contributed by atoms with E-state index in [1.807, 2.05) is 0 Å². The number of aliphatic hydroxyl groups is 1. The number of H-pyrrole nitrogens is 1. The van der Waals surface area contributed by atoms with Gasteiger partial charge < -0.3 is 10.1 Å². The van der Waals surface area contributed by atoms with Crippen LogP contribution in [-0.4, -0.2) is 16.7 Å². The highest BCUT2D eigenvalue weighted by Crippen LogP contribution is 2.53. The molecule has 2 nitrogen and oxygen atoms in total. The zero-order chi connectivity index (χ0) is 19.7. The van der Waals surface area contributed by atoms with Crippen LogP contribution in [0.1, 0.15) is 121 Å². The second kappa shape index (κ2) is 8.31. The molecule has 2 aliphatic rings. The maximum atomic E-state index is 10.1. The molecule has 0 aliphatic heterocycles. The SMILES string of the molecule is CCCCCCCCC1CCCc2[nH]c3c(c21)CC(C)(C)C(CO)C3(C)C. The molecule has 0 fully saturated rings. The quantitative estimate of drug-likeness (QED) is 0.491. The Balaban J connectivity index is 1.80. The van der Waals surface area contributed by atoms with Crippen LogP contribution in [0.4, 0.5) is 0 Å². The van der Waals surface area contributed by atoms with Gasteiger partial charge in [0.05, 0.1) is 0 Å². The van der Waals surface area contributed by atoms with E-state index in [1.54, 1.807) is 11.1 Å². The fourth-order valence-electron chi connectivity index (χ4n) is 6.37. The standard InChI is InChI=1S/C25H43NO/c1-6-7-8-9-10-11-13-18-14-12-15-20-22(18)19-16-24(2,3)21(17-27)25(4,5)23(19)26-20/h18,21,26-27H,6-17H2,1-5H3. The van der Waals surface area contributed by atoms with Gasteiger partial charge in [0.1, 0.15) is 0 Å². The fourth-order valence-corrected chi connectivity index (χ4v) is 6.37. The Morgan fingerprint density at radius 3 is 2.44 bits per heavy atom. The Labute approximate surface area is 167 Å². The molecule has 0 spiro atoms. The summed E-state index contributed by atoms with van der Waals surface area (Å²) in [6, 6.07) is 0. The van der Waals surface area contributed by atoms with Crippen molar-refractivity contribution in [2.45, 2.75) is 117 Å². The lowest BCUT2D eigenvalue weighted by Crippen LogP contribution is -2.47. The van der Waals surface area contributed by atoms with Crippen LogP contribution < -0.4 is 0 Å². The van der Waals surface area contributed by atoms with Crippen LogP contribution in [0.2, 0.25) is 0 Å². The predicted molar refractivity (Wildman–Crippen MR) is 116 cm³/mol. The smallest absolute Gasteiger partial charge is 0.0473 e. The highest BCUT2D eigenvalue weighted by molar-refractivity contribution is 5.47. The summed E-state index contributed by atoms with van der Waals surface area (Å²) < 4.78 is 0. The molecule has 3 rings (SSSR count). The van der Waals surface area contributed by atoms with Crippen LogP contribution in [0, 0.1) is 11.3 Å². The zero-order valence-corrected chi connectivity index (χ0v) is 18.6. The monoisotopic (exact) mass is 373 g/mol. The Kier molecular flexibility index (Phi) is 6.45. The van der Waals surface area contributed by atoms with Gasteiger partial charge in [-0.05, 0) is 60.5 Å². The molecule has 2 heteroatoms. The van der Waals surface area contributed by atoms with Crippen LogP contribution in [0.25, 0.3) is 0 Å². The molecule has 2 unspecified atom stereocenters.